The van der Waals surface area contributed by atoms with Crippen LogP contribution < -0.4 is 10.0 Å². The number of anilines is 1. The summed E-state index contributed by atoms with van der Waals surface area (Å²) in [5.74, 6) is -0.0450. The van der Waals surface area contributed by atoms with Crippen LogP contribution in [0.5, 0.6) is 0 Å². The first-order chi connectivity index (χ1) is 13.7. The molecule has 0 aliphatic carbocycles. The van der Waals surface area contributed by atoms with Crippen molar-refractivity contribution in [3.05, 3.63) is 53.2 Å². The molecule has 2 N–H and O–H groups in total. The number of aryl methyl sites for hydroxylation is 2. The number of hydrogen-bond acceptors (Lipinski definition) is 5. The molecule has 2 aromatic carbocycles. The fourth-order valence-electron chi connectivity index (χ4n) is 3.00. The maximum absolute atomic E-state index is 12.4. The van der Waals surface area contributed by atoms with Gasteiger partial charge in [0.1, 0.15) is 5.69 Å². The lowest BCUT2D eigenvalue weighted by Crippen LogP contribution is -2.27. The molecule has 1 aromatic heterocycles. The van der Waals surface area contributed by atoms with Gasteiger partial charge in [0.2, 0.25) is 15.9 Å². The number of rotatable bonds is 7. The minimum atomic E-state index is -3.56. The molecule has 0 atom stereocenters. The van der Waals surface area contributed by atoms with Crippen molar-refractivity contribution in [1.29, 1.82) is 0 Å². The molecule has 0 unspecified atom stereocenters. The molecule has 0 spiro atoms. The van der Waals surface area contributed by atoms with E-state index in [9.17, 15) is 13.2 Å². The van der Waals surface area contributed by atoms with Gasteiger partial charge in [-0.05, 0) is 61.2 Å². The molecule has 29 heavy (non-hydrogen) atoms. The Morgan fingerprint density at radius 1 is 1.14 bits per heavy atom. The molecule has 0 radical (unpaired) electrons. The van der Waals surface area contributed by atoms with E-state index >= 15 is 0 Å². The van der Waals surface area contributed by atoms with Crippen molar-refractivity contribution in [2.75, 3.05) is 11.9 Å². The zero-order valence-electron chi connectivity index (χ0n) is 16.9. The molecule has 3 aromatic rings. The number of aromatic nitrogens is 1. The summed E-state index contributed by atoms with van der Waals surface area (Å²) in [6.07, 6.45) is 0.0614. The van der Waals surface area contributed by atoms with Gasteiger partial charge in [0.15, 0.2) is 5.58 Å². The Morgan fingerprint density at radius 3 is 2.48 bits per heavy atom. The molecule has 1 heterocycles. The Morgan fingerprint density at radius 2 is 1.83 bits per heavy atom. The summed E-state index contributed by atoms with van der Waals surface area (Å²) in [5.41, 5.74) is 3.81. The van der Waals surface area contributed by atoms with Crippen molar-refractivity contribution in [2.24, 2.45) is 5.92 Å². The molecule has 8 heteroatoms. The average Bonchev–Trinajstić information content (AvgIpc) is 3.03. The first kappa shape index (κ1) is 21.0. The SMILES string of the molecule is Cc1cc(C)c2onc(CC(=O)Nc3ccc(S(=O)(=O)NCC(C)C)cc3)c2c1. The van der Waals surface area contributed by atoms with Crippen molar-refractivity contribution >= 4 is 32.6 Å². The van der Waals surface area contributed by atoms with Crippen LogP contribution in [-0.4, -0.2) is 26.0 Å². The third-order valence-corrected chi connectivity index (χ3v) is 5.87. The number of fused-ring (bicyclic) bond motifs is 1. The molecule has 1 amide bonds. The van der Waals surface area contributed by atoms with Crippen molar-refractivity contribution in [3.8, 4) is 0 Å². The first-order valence-corrected chi connectivity index (χ1v) is 10.9. The quantitative estimate of drug-likeness (QED) is 0.614. The standard InChI is InChI=1S/C21H25N3O4S/c1-13(2)12-22-29(26,27)17-7-5-16(6-8-17)23-20(25)11-19-18-10-14(3)9-15(4)21(18)28-24-19/h5-10,13,22H,11-12H2,1-4H3,(H,23,25). The van der Waals surface area contributed by atoms with E-state index < -0.39 is 10.0 Å². The molecule has 0 saturated carbocycles. The second-order valence-corrected chi connectivity index (χ2v) is 9.35. The zero-order valence-corrected chi connectivity index (χ0v) is 17.8. The summed E-state index contributed by atoms with van der Waals surface area (Å²) in [6.45, 7) is 8.15. The number of benzene rings is 2. The van der Waals surface area contributed by atoms with E-state index in [2.05, 4.69) is 15.2 Å². The highest BCUT2D eigenvalue weighted by Crippen LogP contribution is 2.24. The Labute approximate surface area is 170 Å². The molecule has 0 bridgehead atoms. The van der Waals surface area contributed by atoms with Crippen LogP contribution in [0.15, 0.2) is 45.8 Å². The summed E-state index contributed by atoms with van der Waals surface area (Å²) in [6, 6.07) is 10.0. The second kappa shape index (κ2) is 8.34. The number of nitrogens with one attached hydrogen (secondary N) is 2. The van der Waals surface area contributed by atoms with Crippen molar-refractivity contribution in [3.63, 3.8) is 0 Å². The highest BCUT2D eigenvalue weighted by Gasteiger charge is 2.16. The third-order valence-electron chi connectivity index (χ3n) is 4.43. The maximum Gasteiger partial charge on any atom is 0.240 e. The zero-order chi connectivity index (χ0) is 21.2. The van der Waals surface area contributed by atoms with Gasteiger partial charge in [-0.1, -0.05) is 25.1 Å². The average molecular weight is 416 g/mol. The van der Waals surface area contributed by atoms with Crippen molar-refractivity contribution in [1.82, 2.24) is 9.88 Å². The lowest BCUT2D eigenvalue weighted by atomic mass is 10.1. The largest absolute Gasteiger partial charge is 0.356 e. The van der Waals surface area contributed by atoms with Crippen LogP contribution in [-0.2, 0) is 21.2 Å². The molecule has 0 aliphatic heterocycles. The predicted molar refractivity (Wildman–Crippen MR) is 112 cm³/mol. The van der Waals surface area contributed by atoms with Gasteiger partial charge in [0, 0.05) is 17.6 Å². The van der Waals surface area contributed by atoms with E-state index in [0.29, 0.717) is 23.5 Å². The molecule has 0 saturated heterocycles. The van der Waals surface area contributed by atoms with Crippen LogP contribution in [0.1, 0.15) is 30.7 Å². The highest BCUT2D eigenvalue weighted by molar-refractivity contribution is 7.89. The fourth-order valence-corrected chi connectivity index (χ4v) is 4.22. The van der Waals surface area contributed by atoms with Crippen LogP contribution in [0.2, 0.25) is 0 Å². The summed E-state index contributed by atoms with van der Waals surface area (Å²) in [5, 5.41) is 7.63. The van der Waals surface area contributed by atoms with Crippen LogP contribution in [0, 0.1) is 19.8 Å². The Hall–Kier alpha value is -2.71. The molecular weight excluding hydrogens is 390 g/mol. The van der Waals surface area contributed by atoms with Crippen LogP contribution >= 0.6 is 0 Å². The van der Waals surface area contributed by atoms with E-state index in [0.717, 1.165) is 16.5 Å². The first-order valence-electron chi connectivity index (χ1n) is 9.41. The van der Waals surface area contributed by atoms with Crippen molar-refractivity contribution in [2.45, 2.75) is 39.0 Å². The van der Waals surface area contributed by atoms with Gasteiger partial charge in [-0.3, -0.25) is 4.79 Å². The van der Waals surface area contributed by atoms with E-state index in [1.54, 1.807) is 12.1 Å². The smallest absolute Gasteiger partial charge is 0.240 e. The number of amides is 1. The van der Waals surface area contributed by atoms with Crippen LogP contribution in [0.25, 0.3) is 11.0 Å². The Kier molecular flexibility index (Phi) is 6.04. The number of hydrogen-bond donors (Lipinski definition) is 2. The van der Waals surface area contributed by atoms with Gasteiger partial charge < -0.3 is 9.84 Å². The lowest BCUT2D eigenvalue weighted by Gasteiger charge is -2.10. The molecular formula is C21H25N3O4S. The van der Waals surface area contributed by atoms with E-state index in [1.807, 2.05) is 39.8 Å². The predicted octanol–water partition coefficient (Wildman–Crippen LogP) is 3.56. The van der Waals surface area contributed by atoms with Crippen molar-refractivity contribution < 1.29 is 17.7 Å². The summed E-state index contributed by atoms with van der Waals surface area (Å²) < 4.78 is 32.4. The Bertz CT molecular complexity index is 1130. The van der Waals surface area contributed by atoms with Gasteiger partial charge in [-0.15, -0.1) is 0 Å². The summed E-state index contributed by atoms with van der Waals surface area (Å²) in [7, 11) is -3.56. The normalized spacial score (nSPS) is 11.9. The number of nitrogens with zero attached hydrogens (tertiary/aromatic N) is 1. The molecule has 0 fully saturated rings. The van der Waals surface area contributed by atoms with Gasteiger partial charge in [0.05, 0.1) is 11.3 Å². The number of carbonyl (C=O) groups excluding carboxylic acids is 1. The van der Waals surface area contributed by atoms with E-state index in [-0.39, 0.29) is 23.1 Å². The molecule has 3 rings (SSSR count). The maximum atomic E-state index is 12.4. The fraction of sp³-hybridized carbons (Fsp3) is 0.333. The topological polar surface area (TPSA) is 101 Å². The van der Waals surface area contributed by atoms with Crippen LogP contribution in [0.4, 0.5) is 5.69 Å². The van der Waals surface area contributed by atoms with E-state index in [1.165, 1.54) is 12.1 Å². The third kappa shape index (κ3) is 5.02. The number of sulfonamides is 1. The lowest BCUT2D eigenvalue weighted by molar-refractivity contribution is -0.115. The van der Waals surface area contributed by atoms with Gasteiger partial charge in [-0.2, -0.15) is 0 Å². The Balaban J connectivity index is 1.69. The molecule has 7 nitrogen and oxygen atoms in total. The summed E-state index contributed by atoms with van der Waals surface area (Å²) in [4.78, 5) is 12.6. The van der Waals surface area contributed by atoms with Gasteiger partial charge in [0.25, 0.3) is 0 Å². The van der Waals surface area contributed by atoms with E-state index in [4.69, 9.17) is 4.52 Å². The molecule has 0 aliphatic rings. The highest BCUT2D eigenvalue weighted by atomic mass is 32.2. The molecule has 154 valence electrons. The minimum Gasteiger partial charge on any atom is -0.356 e. The van der Waals surface area contributed by atoms with Gasteiger partial charge >= 0.3 is 0 Å². The summed E-state index contributed by atoms with van der Waals surface area (Å²) >= 11 is 0. The monoisotopic (exact) mass is 415 g/mol. The number of carbonyl (C=O) groups is 1. The second-order valence-electron chi connectivity index (χ2n) is 7.58. The van der Waals surface area contributed by atoms with Crippen LogP contribution in [0.3, 0.4) is 0 Å². The minimum absolute atomic E-state index is 0.0614. The van der Waals surface area contributed by atoms with Gasteiger partial charge in [-0.25, -0.2) is 13.1 Å².